The summed E-state index contributed by atoms with van der Waals surface area (Å²) >= 11 is 0. The predicted octanol–water partition coefficient (Wildman–Crippen LogP) is 7.15. The molecule has 1 aliphatic heterocycles. The Labute approximate surface area is 207 Å². The Hall–Kier alpha value is -3.60. The van der Waals surface area contributed by atoms with Gasteiger partial charge in [-0.3, -0.25) is 0 Å². The molecule has 178 valence electrons. The molecule has 0 amide bonds. The van der Waals surface area contributed by atoms with E-state index in [4.69, 9.17) is 18.9 Å². The van der Waals surface area contributed by atoms with E-state index in [1.54, 1.807) is 0 Å². The standard InChI is InChI=1S/C31H30O4/c1-31(2)34-29(27(23-15-7-3-8-16-23)32-25-19-11-5-12-20-25)30(35-31)28(24-17-9-4-10-18-24)33-26-21-13-6-14-22-26/h3-22,27-30H,1-2H3/t27?,28?,29-,30-/m0/s1. The summed E-state index contributed by atoms with van der Waals surface area (Å²) in [5.41, 5.74) is 2.03. The van der Waals surface area contributed by atoms with Crippen LogP contribution in [0.15, 0.2) is 121 Å². The van der Waals surface area contributed by atoms with Crippen molar-refractivity contribution in [1.82, 2.24) is 0 Å². The van der Waals surface area contributed by atoms with Gasteiger partial charge in [-0.25, -0.2) is 0 Å². The van der Waals surface area contributed by atoms with Gasteiger partial charge in [0, 0.05) is 0 Å². The van der Waals surface area contributed by atoms with Crippen LogP contribution in [-0.4, -0.2) is 18.0 Å². The number of hydrogen-bond acceptors (Lipinski definition) is 4. The fraction of sp³-hybridized carbons (Fsp3) is 0.226. The lowest BCUT2D eigenvalue weighted by molar-refractivity contribution is -0.159. The molecule has 0 N–H and O–H groups in total. The van der Waals surface area contributed by atoms with Crippen molar-refractivity contribution >= 4 is 0 Å². The Bertz CT molecular complexity index is 1080. The Balaban J connectivity index is 1.56. The molecule has 4 heteroatoms. The maximum atomic E-state index is 6.58. The molecule has 5 rings (SSSR count). The first kappa shape index (κ1) is 23.2. The van der Waals surface area contributed by atoms with Crippen LogP contribution in [0, 0.1) is 0 Å². The molecular weight excluding hydrogens is 436 g/mol. The Kier molecular flexibility index (Phi) is 6.84. The van der Waals surface area contributed by atoms with Gasteiger partial charge in [0.05, 0.1) is 0 Å². The third kappa shape index (κ3) is 5.56. The van der Waals surface area contributed by atoms with Crippen molar-refractivity contribution in [3.8, 4) is 11.5 Å². The number of benzene rings is 4. The summed E-state index contributed by atoms with van der Waals surface area (Å²) in [4.78, 5) is 0. The second-order valence-electron chi connectivity index (χ2n) is 9.09. The topological polar surface area (TPSA) is 36.9 Å². The Morgan fingerprint density at radius 2 is 0.829 bits per heavy atom. The molecule has 2 unspecified atom stereocenters. The molecule has 4 aromatic carbocycles. The monoisotopic (exact) mass is 466 g/mol. The highest BCUT2D eigenvalue weighted by atomic mass is 16.8. The van der Waals surface area contributed by atoms with Crippen LogP contribution >= 0.6 is 0 Å². The van der Waals surface area contributed by atoms with Crippen molar-refractivity contribution in [3.63, 3.8) is 0 Å². The van der Waals surface area contributed by atoms with Crippen LogP contribution in [0.1, 0.15) is 37.2 Å². The van der Waals surface area contributed by atoms with Crippen LogP contribution in [0.25, 0.3) is 0 Å². The van der Waals surface area contributed by atoms with Crippen LogP contribution in [0.3, 0.4) is 0 Å². The summed E-state index contributed by atoms with van der Waals surface area (Å²) in [6, 6.07) is 40.0. The van der Waals surface area contributed by atoms with Gasteiger partial charge in [0.15, 0.2) is 18.0 Å². The van der Waals surface area contributed by atoms with Crippen molar-refractivity contribution in [2.24, 2.45) is 0 Å². The lowest BCUT2D eigenvalue weighted by atomic mass is 9.93. The summed E-state index contributed by atoms with van der Waals surface area (Å²) in [5, 5.41) is 0. The van der Waals surface area contributed by atoms with E-state index in [9.17, 15) is 0 Å². The molecule has 0 radical (unpaired) electrons. The molecule has 4 aromatic rings. The van der Waals surface area contributed by atoms with Crippen molar-refractivity contribution < 1.29 is 18.9 Å². The average Bonchev–Trinajstić information content (AvgIpc) is 3.22. The largest absolute Gasteiger partial charge is 0.483 e. The molecule has 4 atom stereocenters. The van der Waals surface area contributed by atoms with Gasteiger partial charge in [-0.05, 0) is 49.2 Å². The molecule has 4 nitrogen and oxygen atoms in total. The van der Waals surface area contributed by atoms with E-state index in [2.05, 4.69) is 24.3 Å². The highest BCUT2D eigenvalue weighted by molar-refractivity contribution is 5.29. The lowest BCUT2D eigenvalue weighted by Crippen LogP contribution is -2.38. The molecule has 1 aliphatic rings. The zero-order valence-corrected chi connectivity index (χ0v) is 20.0. The first-order valence-corrected chi connectivity index (χ1v) is 12.0. The third-order valence-corrected chi connectivity index (χ3v) is 6.03. The molecule has 1 heterocycles. The zero-order chi connectivity index (χ0) is 24.1. The van der Waals surface area contributed by atoms with Gasteiger partial charge in [0.1, 0.15) is 23.7 Å². The highest BCUT2D eigenvalue weighted by Crippen LogP contribution is 2.43. The minimum Gasteiger partial charge on any atom is -0.483 e. The van der Waals surface area contributed by atoms with E-state index in [0.29, 0.717) is 0 Å². The molecular formula is C31H30O4. The molecule has 1 saturated heterocycles. The summed E-state index contributed by atoms with van der Waals surface area (Å²) in [6.45, 7) is 3.88. The second-order valence-corrected chi connectivity index (χ2v) is 9.09. The molecule has 1 fully saturated rings. The molecule has 0 aromatic heterocycles. The van der Waals surface area contributed by atoms with Crippen molar-refractivity contribution in [2.45, 2.75) is 44.1 Å². The zero-order valence-electron chi connectivity index (χ0n) is 20.0. The summed E-state index contributed by atoms with van der Waals surface area (Å²) in [7, 11) is 0. The fourth-order valence-electron chi connectivity index (χ4n) is 4.51. The van der Waals surface area contributed by atoms with Crippen molar-refractivity contribution in [2.75, 3.05) is 0 Å². The van der Waals surface area contributed by atoms with Crippen LogP contribution in [-0.2, 0) is 9.47 Å². The van der Waals surface area contributed by atoms with Gasteiger partial charge in [0.2, 0.25) is 0 Å². The van der Waals surface area contributed by atoms with Crippen LogP contribution in [0.2, 0.25) is 0 Å². The minimum absolute atomic E-state index is 0.407. The van der Waals surface area contributed by atoms with Crippen LogP contribution < -0.4 is 9.47 Å². The molecule has 0 spiro atoms. The quantitative estimate of drug-likeness (QED) is 0.276. The number of rotatable bonds is 8. The van der Waals surface area contributed by atoms with Gasteiger partial charge in [-0.2, -0.15) is 0 Å². The van der Waals surface area contributed by atoms with Gasteiger partial charge in [-0.1, -0.05) is 97.1 Å². The van der Waals surface area contributed by atoms with E-state index < -0.39 is 30.2 Å². The van der Waals surface area contributed by atoms with E-state index in [1.807, 2.05) is 111 Å². The lowest BCUT2D eigenvalue weighted by Gasteiger charge is -2.32. The summed E-state index contributed by atoms with van der Waals surface area (Å²) in [6.07, 6.45) is -1.67. The van der Waals surface area contributed by atoms with Crippen LogP contribution in [0.5, 0.6) is 11.5 Å². The van der Waals surface area contributed by atoms with E-state index in [-0.39, 0.29) is 0 Å². The number of hydrogen-bond donors (Lipinski definition) is 0. The van der Waals surface area contributed by atoms with Crippen molar-refractivity contribution in [3.05, 3.63) is 132 Å². The maximum Gasteiger partial charge on any atom is 0.164 e. The third-order valence-electron chi connectivity index (χ3n) is 6.03. The normalized spacial score (nSPS) is 20.6. The van der Waals surface area contributed by atoms with E-state index in [0.717, 1.165) is 22.6 Å². The number of ether oxygens (including phenoxy) is 4. The molecule has 0 bridgehead atoms. The first-order chi connectivity index (χ1) is 17.1. The highest BCUT2D eigenvalue weighted by Gasteiger charge is 2.51. The fourth-order valence-corrected chi connectivity index (χ4v) is 4.51. The SMILES string of the molecule is CC1(C)O[C@@H](C(Oc2ccccc2)c2ccccc2)[C@H](C(Oc2ccccc2)c2ccccc2)O1. The van der Waals surface area contributed by atoms with Gasteiger partial charge in [0.25, 0.3) is 0 Å². The van der Waals surface area contributed by atoms with Crippen LogP contribution in [0.4, 0.5) is 0 Å². The Morgan fingerprint density at radius 3 is 1.17 bits per heavy atom. The van der Waals surface area contributed by atoms with E-state index >= 15 is 0 Å². The smallest absolute Gasteiger partial charge is 0.164 e. The Morgan fingerprint density at radius 1 is 0.514 bits per heavy atom. The molecule has 35 heavy (non-hydrogen) atoms. The minimum atomic E-state index is -0.810. The average molecular weight is 467 g/mol. The number of para-hydroxylation sites is 2. The summed E-state index contributed by atoms with van der Waals surface area (Å²) < 4.78 is 26.3. The maximum absolute atomic E-state index is 6.58. The van der Waals surface area contributed by atoms with Gasteiger partial charge >= 0.3 is 0 Å². The van der Waals surface area contributed by atoms with E-state index in [1.165, 1.54) is 0 Å². The second kappa shape index (κ2) is 10.3. The van der Waals surface area contributed by atoms with Crippen molar-refractivity contribution in [1.29, 1.82) is 0 Å². The first-order valence-electron chi connectivity index (χ1n) is 12.0. The molecule has 0 saturated carbocycles. The van der Waals surface area contributed by atoms with Gasteiger partial charge < -0.3 is 18.9 Å². The van der Waals surface area contributed by atoms with Gasteiger partial charge in [-0.15, -0.1) is 0 Å². The predicted molar refractivity (Wildman–Crippen MR) is 136 cm³/mol. The molecule has 0 aliphatic carbocycles. The summed E-state index contributed by atoms with van der Waals surface area (Å²) in [5.74, 6) is 0.734.